The predicted octanol–water partition coefficient (Wildman–Crippen LogP) is 3.67. The summed E-state index contributed by atoms with van der Waals surface area (Å²) in [6.45, 7) is 2.64. The minimum atomic E-state index is -0.501. The number of benzene rings is 2. The molecule has 1 aliphatic heterocycles. The summed E-state index contributed by atoms with van der Waals surface area (Å²) in [7, 11) is 0. The lowest BCUT2D eigenvalue weighted by molar-refractivity contribution is -0.119. The quantitative estimate of drug-likeness (QED) is 0.751. The first-order chi connectivity index (χ1) is 13.5. The second kappa shape index (κ2) is 9.64. The largest absolute Gasteiger partial charge is 0.484 e. The van der Waals surface area contributed by atoms with Gasteiger partial charge in [-0.15, -0.1) is 0 Å². The standard InChI is InChI=1S/C22H26F2N2O2/c23-20-4-1-5-21(24)19(20)11-8-16-3-2-12-26(13-16)14-17-6-9-18(10-7-17)28-15-22(25)27/h1,4-7,9-10,16H,2-3,8,11-15H2,(H2,25,27)/t16-/m1/s1. The van der Waals surface area contributed by atoms with Crippen LogP contribution in [-0.2, 0) is 17.8 Å². The van der Waals surface area contributed by atoms with Crippen LogP contribution in [0.15, 0.2) is 42.5 Å². The maximum Gasteiger partial charge on any atom is 0.255 e. The van der Waals surface area contributed by atoms with E-state index in [0.717, 1.165) is 44.5 Å². The zero-order chi connectivity index (χ0) is 19.9. The van der Waals surface area contributed by atoms with Gasteiger partial charge in [-0.25, -0.2) is 8.78 Å². The molecule has 1 saturated heterocycles. The Bertz CT molecular complexity index is 775. The number of halogens is 2. The molecule has 1 amide bonds. The lowest BCUT2D eigenvalue weighted by Crippen LogP contribution is -2.35. The molecule has 1 fully saturated rings. The number of rotatable bonds is 8. The summed E-state index contributed by atoms with van der Waals surface area (Å²) in [6, 6.07) is 11.7. The minimum absolute atomic E-state index is 0.129. The lowest BCUT2D eigenvalue weighted by Gasteiger charge is -2.33. The maximum absolute atomic E-state index is 13.8. The number of hydrogen-bond donors (Lipinski definition) is 1. The Balaban J connectivity index is 1.50. The highest BCUT2D eigenvalue weighted by Crippen LogP contribution is 2.25. The van der Waals surface area contributed by atoms with Gasteiger partial charge in [0.2, 0.25) is 0 Å². The summed E-state index contributed by atoms with van der Waals surface area (Å²) >= 11 is 0. The van der Waals surface area contributed by atoms with Crippen molar-refractivity contribution in [2.24, 2.45) is 11.7 Å². The van der Waals surface area contributed by atoms with Crippen LogP contribution in [0.25, 0.3) is 0 Å². The van der Waals surface area contributed by atoms with Crippen LogP contribution in [0, 0.1) is 17.6 Å². The molecule has 3 rings (SSSR count). The van der Waals surface area contributed by atoms with Crippen LogP contribution in [-0.4, -0.2) is 30.5 Å². The Morgan fingerprint density at radius 2 is 1.86 bits per heavy atom. The lowest BCUT2D eigenvalue weighted by atomic mass is 9.91. The van der Waals surface area contributed by atoms with Gasteiger partial charge >= 0.3 is 0 Å². The summed E-state index contributed by atoms with van der Waals surface area (Å²) < 4.78 is 32.9. The van der Waals surface area contributed by atoms with Crippen molar-refractivity contribution in [3.63, 3.8) is 0 Å². The first kappa shape index (κ1) is 20.3. The molecule has 0 radical (unpaired) electrons. The zero-order valence-corrected chi connectivity index (χ0v) is 15.9. The van der Waals surface area contributed by atoms with Crippen molar-refractivity contribution in [1.29, 1.82) is 0 Å². The molecule has 28 heavy (non-hydrogen) atoms. The van der Waals surface area contributed by atoms with E-state index in [1.165, 1.54) is 18.2 Å². The van der Waals surface area contributed by atoms with Crippen molar-refractivity contribution in [3.8, 4) is 5.75 Å². The van der Waals surface area contributed by atoms with Gasteiger partial charge in [0, 0.05) is 18.7 Å². The number of primary amides is 1. The molecule has 1 heterocycles. The van der Waals surface area contributed by atoms with E-state index in [1.807, 2.05) is 24.3 Å². The third-order valence-corrected chi connectivity index (χ3v) is 5.18. The number of ether oxygens (including phenoxy) is 1. The van der Waals surface area contributed by atoms with Crippen LogP contribution in [0.3, 0.4) is 0 Å². The molecule has 0 spiro atoms. The molecule has 4 nitrogen and oxygen atoms in total. The maximum atomic E-state index is 13.8. The number of likely N-dealkylation sites (tertiary alicyclic amines) is 1. The van der Waals surface area contributed by atoms with Crippen molar-refractivity contribution in [2.75, 3.05) is 19.7 Å². The summed E-state index contributed by atoms with van der Waals surface area (Å²) in [5.41, 5.74) is 6.43. The highest BCUT2D eigenvalue weighted by atomic mass is 19.1. The van der Waals surface area contributed by atoms with Crippen LogP contribution in [0.4, 0.5) is 8.78 Å². The van der Waals surface area contributed by atoms with E-state index < -0.39 is 17.5 Å². The van der Waals surface area contributed by atoms with Gasteiger partial charge in [0.15, 0.2) is 6.61 Å². The van der Waals surface area contributed by atoms with Gasteiger partial charge in [-0.2, -0.15) is 0 Å². The molecule has 2 aromatic carbocycles. The molecule has 6 heteroatoms. The van der Waals surface area contributed by atoms with Crippen molar-refractivity contribution < 1.29 is 18.3 Å². The number of carbonyl (C=O) groups is 1. The molecule has 0 bridgehead atoms. The highest BCUT2D eigenvalue weighted by molar-refractivity contribution is 5.75. The fraction of sp³-hybridized carbons (Fsp3) is 0.409. The molecule has 0 aromatic heterocycles. The SMILES string of the molecule is NC(=O)COc1ccc(CN2CCC[C@H](CCc3c(F)cccc3F)C2)cc1. The molecule has 2 aromatic rings. The van der Waals surface area contributed by atoms with E-state index in [2.05, 4.69) is 4.90 Å². The summed E-state index contributed by atoms with van der Waals surface area (Å²) in [5, 5.41) is 0. The van der Waals surface area contributed by atoms with E-state index in [-0.39, 0.29) is 12.2 Å². The first-order valence-electron chi connectivity index (χ1n) is 9.66. The predicted molar refractivity (Wildman–Crippen MR) is 104 cm³/mol. The number of nitrogens with zero attached hydrogens (tertiary/aromatic N) is 1. The van der Waals surface area contributed by atoms with Crippen LogP contribution >= 0.6 is 0 Å². The van der Waals surface area contributed by atoms with Gasteiger partial charge in [0.05, 0.1) is 0 Å². The van der Waals surface area contributed by atoms with Crippen LogP contribution in [0.5, 0.6) is 5.75 Å². The van der Waals surface area contributed by atoms with Gasteiger partial charge < -0.3 is 10.5 Å². The average Bonchev–Trinajstić information content (AvgIpc) is 2.67. The van der Waals surface area contributed by atoms with Crippen LogP contribution in [0.2, 0.25) is 0 Å². The van der Waals surface area contributed by atoms with Gasteiger partial charge in [-0.1, -0.05) is 18.2 Å². The zero-order valence-electron chi connectivity index (χ0n) is 15.9. The minimum Gasteiger partial charge on any atom is -0.484 e. The molecule has 150 valence electrons. The average molecular weight is 388 g/mol. The number of amides is 1. The van der Waals surface area contributed by atoms with Gasteiger partial charge in [0.1, 0.15) is 17.4 Å². The molecular weight excluding hydrogens is 362 g/mol. The van der Waals surface area contributed by atoms with E-state index in [4.69, 9.17) is 10.5 Å². The summed E-state index contributed by atoms with van der Waals surface area (Å²) in [5.74, 6) is -0.353. The Morgan fingerprint density at radius 1 is 1.14 bits per heavy atom. The van der Waals surface area contributed by atoms with Gasteiger partial charge in [-0.05, 0) is 68.0 Å². The number of nitrogens with two attached hydrogens (primary N) is 1. The monoisotopic (exact) mass is 388 g/mol. The first-order valence-corrected chi connectivity index (χ1v) is 9.66. The number of carbonyl (C=O) groups excluding carboxylic acids is 1. The molecule has 0 aliphatic carbocycles. The number of hydrogen-bond acceptors (Lipinski definition) is 3. The third kappa shape index (κ3) is 5.76. The molecule has 0 unspecified atom stereocenters. The fourth-order valence-electron chi connectivity index (χ4n) is 3.75. The summed E-state index contributed by atoms with van der Waals surface area (Å²) in [6.07, 6.45) is 3.40. The molecule has 2 N–H and O–H groups in total. The third-order valence-electron chi connectivity index (χ3n) is 5.18. The molecule has 1 atom stereocenters. The fourth-order valence-corrected chi connectivity index (χ4v) is 3.75. The van der Waals surface area contributed by atoms with Gasteiger partial charge in [0.25, 0.3) is 5.91 Å². The van der Waals surface area contributed by atoms with Gasteiger partial charge in [-0.3, -0.25) is 9.69 Å². The van der Waals surface area contributed by atoms with E-state index >= 15 is 0 Å². The van der Waals surface area contributed by atoms with Crippen molar-refractivity contribution in [3.05, 3.63) is 65.2 Å². The highest BCUT2D eigenvalue weighted by Gasteiger charge is 2.21. The topological polar surface area (TPSA) is 55.6 Å². The Labute approximate surface area is 164 Å². The van der Waals surface area contributed by atoms with E-state index in [9.17, 15) is 13.6 Å². The van der Waals surface area contributed by atoms with Crippen molar-refractivity contribution in [1.82, 2.24) is 4.90 Å². The molecular formula is C22H26F2N2O2. The van der Waals surface area contributed by atoms with E-state index in [0.29, 0.717) is 18.1 Å². The normalized spacial score (nSPS) is 17.4. The van der Waals surface area contributed by atoms with Crippen molar-refractivity contribution in [2.45, 2.75) is 32.2 Å². The molecule has 1 aliphatic rings. The second-order valence-corrected chi connectivity index (χ2v) is 7.38. The smallest absolute Gasteiger partial charge is 0.255 e. The van der Waals surface area contributed by atoms with E-state index in [1.54, 1.807) is 0 Å². The van der Waals surface area contributed by atoms with Crippen molar-refractivity contribution >= 4 is 5.91 Å². The second-order valence-electron chi connectivity index (χ2n) is 7.38. The Hall–Kier alpha value is -2.47. The molecule has 0 saturated carbocycles. The van der Waals surface area contributed by atoms with Crippen LogP contribution < -0.4 is 10.5 Å². The number of piperidine rings is 1. The van der Waals surface area contributed by atoms with Crippen LogP contribution in [0.1, 0.15) is 30.4 Å². The Kier molecular flexibility index (Phi) is 6.98. The summed E-state index contributed by atoms with van der Waals surface area (Å²) in [4.78, 5) is 13.1. The Morgan fingerprint density at radius 3 is 2.54 bits per heavy atom.